The molecule has 2 aromatic carbocycles. The summed E-state index contributed by atoms with van der Waals surface area (Å²) in [7, 11) is 3.15. The van der Waals surface area contributed by atoms with E-state index in [9.17, 15) is 0 Å². The predicted octanol–water partition coefficient (Wildman–Crippen LogP) is 4.81. The number of hydrogen-bond acceptors (Lipinski definition) is 5. The molecule has 1 N–H and O–H groups in total. The van der Waals surface area contributed by atoms with Gasteiger partial charge in [0.2, 0.25) is 4.77 Å². The average molecular weight is 409 g/mol. The Kier molecular flexibility index (Phi) is 5.61. The number of aromatic amines is 1. The van der Waals surface area contributed by atoms with Gasteiger partial charge in [-0.3, -0.25) is 0 Å². The molecule has 0 bridgehead atoms. The van der Waals surface area contributed by atoms with Crippen LogP contribution in [-0.4, -0.2) is 35.3 Å². The van der Waals surface area contributed by atoms with Crippen molar-refractivity contribution < 1.29 is 9.47 Å². The molecule has 0 aliphatic rings. The molecule has 0 spiro atoms. The van der Waals surface area contributed by atoms with Crippen molar-refractivity contribution in [1.82, 2.24) is 14.9 Å². The van der Waals surface area contributed by atoms with Crippen LogP contribution in [0.5, 0.6) is 11.5 Å². The van der Waals surface area contributed by atoms with Crippen LogP contribution >= 0.6 is 35.4 Å². The van der Waals surface area contributed by atoms with Crippen LogP contribution in [0.15, 0.2) is 41.5 Å². The van der Waals surface area contributed by atoms with E-state index in [1.165, 1.54) is 10.9 Å². The molecule has 0 saturated heterocycles. The van der Waals surface area contributed by atoms with Crippen molar-refractivity contribution in [3.05, 3.63) is 56.8 Å². The first kappa shape index (κ1) is 18.4. The van der Waals surface area contributed by atoms with Crippen molar-refractivity contribution >= 4 is 41.6 Å². The van der Waals surface area contributed by atoms with Gasteiger partial charge in [-0.25, -0.2) is 5.10 Å². The minimum Gasteiger partial charge on any atom is -0.497 e. The Morgan fingerprint density at radius 2 is 1.88 bits per heavy atom. The second-order valence-electron chi connectivity index (χ2n) is 5.11. The van der Waals surface area contributed by atoms with Crippen molar-refractivity contribution in [3.8, 4) is 22.9 Å². The standard InChI is InChI=1S/C17H14Cl2N4O2S/c1-24-10-6-7-11(15(8-10)25-2)16-21-22-17(26)23(16)20-9-12-13(18)4-3-5-14(12)19/h3-9H,1-2H3,(H,22,26). The quantitative estimate of drug-likeness (QED) is 0.485. The number of halogens is 2. The van der Waals surface area contributed by atoms with Gasteiger partial charge < -0.3 is 9.47 Å². The van der Waals surface area contributed by atoms with E-state index in [4.69, 9.17) is 44.9 Å². The molecule has 0 aliphatic carbocycles. The number of nitrogens with zero attached hydrogens (tertiary/aromatic N) is 3. The smallest absolute Gasteiger partial charge is 0.216 e. The highest BCUT2D eigenvalue weighted by atomic mass is 35.5. The van der Waals surface area contributed by atoms with E-state index in [2.05, 4.69) is 15.3 Å². The predicted molar refractivity (Wildman–Crippen MR) is 105 cm³/mol. The van der Waals surface area contributed by atoms with Crippen molar-refractivity contribution in [2.45, 2.75) is 0 Å². The Labute approximate surface area is 165 Å². The molecule has 0 radical (unpaired) electrons. The van der Waals surface area contributed by atoms with Crippen molar-refractivity contribution in [1.29, 1.82) is 0 Å². The number of methoxy groups -OCH3 is 2. The molecular weight excluding hydrogens is 395 g/mol. The maximum Gasteiger partial charge on any atom is 0.216 e. The van der Waals surface area contributed by atoms with E-state index in [1.807, 2.05) is 6.07 Å². The zero-order valence-corrected chi connectivity index (χ0v) is 16.2. The fourth-order valence-corrected chi connectivity index (χ4v) is 2.98. The Balaban J connectivity index is 2.09. The third-order valence-corrected chi connectivity index (χ3v) is 4.53. The summed E-state index contributed by atoms with van der Waals surface area (Å²) >= 11 is 17.6. The van der Waals surface area contributed by atoms with Gasteiger partial charge in [0.1, 0.15) is 11.5 Å². The summed E-state index contributed by atoms with van der Waals surface area (Å²) in [5, 5.41) is 12.3. The average Bonchev–Trinajstić information content (AvgIpc) is 3.01. The first-order valence-electron chi connectivity index (χ1n) is 7.43. The van der Waals surface area contributed by atoms with Crippen LogP contribution in [0.25, 0.3) is 11.4 Å². The van der Waals surface area contributed by atoms with Crippen LogP contribution in [0.2, 0.25) is 10.0 Å². The highest BCUT2D eigenvalue weighted by Gasteiger charge is 2.15. The molecule has 1 heterocycles. The van der Waals surface area contributed by atoms with Crippen molar-refractivity contribution in [3.63, 3.8) is 0 Å². The normalized spacial score (nSPS) is 11.1. The number of benzene rings is 2. The molecule has 0 fully saturated rings. The van der Waals surface area contributed by atoms with E-state index < -0.39 is 0 Å². The first-order valence-corrected chi connectivity index (χ1v) is 8.59. The minimum atomic E-state index is 0.317. The van der Waals surface area contributed by atoms with Crippen LogP contribution in [-0.2, 0) is 0 Å². The zero-order chi connectivity index (χ0) is 18.7. The van der Waals surface area contributed by atoms with E-state index >= 15 is 0 Å². The monoisotopic (exact) mass is 408 g/mol. The Bertz CT molecular complexity index is 1010. The fourth-order valence-electron chi connectivity index (χ4n) is 2.31. The number of aromatic nitrogens is 3. The number of hydrogen-bond donors (Lipinski definition) is 1. The van der Waals surface area contributed by atoms with E-state index in [0.29, 0.717) is 43.3 Å². The number of H-pyrrole nitrogens is 1. The van der Waals surface area contributed by atoms with Crippen molar-refractivity contribution in [2.75, 3.05) is 14.2 Å². The third kappa shape index (κ3) is 3.60. The number of rotatable bonds is 5. The van der Waals surface area contributed by atoms with Gasteiger partial charge in [-0.2, -0.15) is 14.9 Å². The molecule has 1 aromatic heterocycles. The maximum absolute atomic E-state index is 6.18. The molecule has 9 heteroatoms. The minimum absolute atomic E-state index is 0.317. The summed E-state index contributed by atoms with van der Waals surface area (Å²) in [6.45, 7) is 0. The van der Waals surface area contributed by atoms with Gasteiger partial charge in [-0.15, -0.1) is 0 Å². The SMILES string of the molecule is COc1ccc(-c2n[nH]c(=S)n2N=Cc2c(Cl)cccc2Cl)c(OC)c1. The summed E-state index contributed by atoms with van der Waals surface area (Å²) in [5.41, 5.74) is 1.29. The van der Waals surface area contributed by atoms with Crippen LogP contribution in [0.4, 0.5) is 0 Å². The summed E-state index contributed by atoms with van der Waals surface area (Å²) in [6, 6.07) is 10.6. The van der Waals surface area contributed by atoms with Gasteiger partial charge >= 0.3 is 0 Å². The third-order valence-electron chi connectivity index (χ3n) is 3.60. The highest BCUT2D eigenvalue weighted by molar-refractivity contribution is 7.71. The molecule has 3 aromatic rings. The lowest BCUT2D eigenvalue weighted by Crippen LogP contribution is -1.98. The van der Waals surface area contributed by atoms with Crippen LogP contribution in [0.1, 0.15) is 5.56 Å². The molecule has 134 valence electrons. The highest BCUT2D eigenvalue weighted by Crippen LogP contribution is 2.32. The topological polar surface area (TPSA) is 64.4 Å². The lowest BCUT2D eigenvalue weighted by Gasteiger charge is -2.09. The summed E-state index contributed by atoms with van der Waals surface area (Å²) in [4.78, 5) is 0. The molecule has 6 nitrogen and oxygen atoms in total. The first-order chi connectivity index (χ1) is 12.5. The molecule has 26 heavy (non-hydrogen) atoms. The molecule has 0 aliphatic heterocycles. The molecular formula is C17H14Cl2N4O2S. The van der Waals surface area contributed by atoms with E-state index in [1.54, 1.807) is 44.6 Å². The number of nitrogens with one attached hydrogen (secondary N) is 1. The van der Waals surface area contributed by atoms with Gasteiger partial charge in [0, 0.05) is 11.6 Å². The molecule has 0 saturated carbocycles. The molecule has 0 amide bonds. The fraction of sp³-hybridized carbons (Fsp3) is 0.118. The maximum atomic E-state index is 6.18. The second-order valence-corrected chi connectivity index (χ2v) is 6.31. The van der Waals surface area contributed by atoms with Gasteiger partial charge in [-0.1, -0.05) is 29.3 Å². The summed E-state index contributed by atoms with van der Waals surface area (Å²) < 4.78 is 12.4. The molecule has 0 atom stereocenters. The Hall–Kier alpha value is -2.35. The van der Waals surface area contributed by atoms with Gasteiger partial charge in [-0.05, 0) is 36.5 Å². The Morgan fingerprint density at radius 3 is 2.54 bits per heavy atom. The van der Waals surface area contributed by atoms with Gasteiger partial charge in [0.05, 0.1) is 36.0 Å². The van der Waals surface area contributed by atoms with Crippen LogP contribution < -0.4 is 9.47 Å². The van der Waals surface area contributed by atoms with E-state index in [0.717, 1.165) is 0 Å². The van der Waals surface area contributed by atoms with E-state index in [-0.39, 0.29) is 0 Å². The van der Waals surface area contributed by atoms with Crippen LogP contribution in [0, 0.1) is 4.77 Å². The van der Waals surface area contributed by atoms with Gasteiger partial charge in [0.15, 0.2) is 5.82 Å². The lowest BCUT2D eigenvalue weighted by atomic mass is 10.2. The summed E-state index contributed by atoms with van der Waals surface area (Å²) in [6.07, 6.45) is 1.54. The largest absolute Gasteiger partial charge is 0.497 e. The Morgan fingerprint density at radius 1 is 1.15 bits per heavy atom. The van der Waals surface area contributed by atoms with Crippen LogP contribution in [0.3, 0.4) is 0 Å². The second kappa shape index (κ2) is 7.90. The summed E-state index contributed by atoms with van der Waals surface area (Å²) in [5.74, 6) is 1.72. The number of ether oxygens (including phenoxy) is 2. The molecule has 3 rings (SSSR count). The van der Waals surface area contributed by atoms with Gasteiger partial charge in [0.25, 0.3) is 0 Å². The van der Waals surface area contributed by atoms with Crippen molar-refractivity contribution in [2.24, 2.45) is 5.10 Å². The molecule has 0 unspecified atom stereocenters. The zero-order valence-electron chi connectivity index (χ0n) is 13.9. The lowest BCUT2D eigenvalue weighted by molar-refractivity contribution is 0.395.